The summed E-state index contributed by atoms with van der Waals surface area (Å²) in [4.78, 5) is 33.2. The maximum absolute atomic E-state index is 13.2. The Morgan fingerprint density at radius 2 is 1.91 bits per heavy atom. The number of halogens is 2. The number of anilines is 1. The molecule has 3 aromatic heterocycles. The van der Waals surface area contributed by atoms with Gasteiger partial charge >= 0.3 is 5.97 Å². The van der Waals surface area contributed by atoms with Gasteiger partial charge in [-0.3, -0.25) is 9.20 Å². The molecule has 4 aromatic rings. The summed E-state index contributed by atoms with van der Waals surface area (Å²) < 4.78 is 7.04. The topological polar surface area (TPSA) is 126 Å². The molecule has 9 nitrogen and oxygen atoms in total. The fourth-order valence-electron chi connectivity index (χ4n) is 3.57. The largest absolute Gasteiger partial charge is 0.476 e. The summed E-state index contributed by atoms with van der Waals surface area (Å²) in [5, 5.41) is 22.7. The first-order valence-corrected chi connectivity index (χ1v) is 11.2. The van der Waals surface area contributed by atoms with Crippen molar-refractivity contribution in [2.75, 3.05) is 5.32 Å². The molecule has 3 N–H and O–H groups in total. The first-order chi connectivity index (χ1) is 16.8. The summed E-state index contributed by atoms with van der Waals surface area (Å²) in [6.45, 7) is 1.32. The molecule has 0 unspecified atom stereocenters. The minimum Gasteiger partial charge on any atom is -0.476 e. The number of carbonyl (C=O) groups is 1. The van der Waals surface area contributed by atoms with Gasteiger partial charge in [0, 0.05) is 11.8 Å². The van der Waals surface area contributed by atoms with E-state index in [-0.39, 0.29) is 45.3 Å². The van der Waals surface area contributed by atoms with Crippen molar-refractivity contribution in [3.63, 3.8) is 0 Å². The van der Waals surface area contributed by atoms with Crippen molar-refractivity contribution in [3.05, 3.63) is 97.6 Å². The molecule has 1 aromatic carbocycles. The number of hydrogen-bond donors (Lipinski definition) is 3. The van der Waals surface area contributed by atoms with E-state index in [0.717, 1.165) is 5.56 Å². The molecular formula is C24H20Cl2N4O5. The Labute approximate surface area is 209 Å². The summed E-state index contributed by atoms with van der Waals surface area (Å²) in [5.74, 6) is -1.26. The second kappa shape index (κ2) is 10.3. The van der Waals surface area contributed by atoms with E-state index in [4.69, 9.17) is 27.9 Å². The lowest BCUT2D eigenvalue weighted by molar-refractivity contribution is 0.0691. The Hall–Kier alpha value is -3.66. The Kier molecular flexibility index (Phi) is 7.20. The molecular weight excluding hydrogens is 495 g/mol. The fraction of sp³-hybridized carbons (Fsp3) is 0.167. The predicted octanol–water partition coefficient (Wildman–Crippen LogP) is 4.34. The number of benzene rings is 1. The van der Waals surface area contributed by atoms with Crippen LogP contribution in [-0.2, 0) is 13.2 Å². The smallest absolute Gasteiger partial charge is 0.356 e. The molecule has 0 aliphatic rings. The number of nitrogens with zero attached hydrogens (tertiary/aromatic N) is 3. The number of carboxylic acids is 1. The molecule has 1 atom stereocenters. The van der Waals surface area contributed by atoms with Gasteiger partial charge in [-0.05, 0) is 30.7 Å². The highest BCUT2D eigenvalue weighted by Crippen LogP contribution is 2.28. The van der Waals surface area contributed by atoms with Crippen molar-refractivity contribution in [2.45, 2.75) is 26.2 Å². The zero-order chi connectivity index (χ0) is 25.1. The molecule has 0 saturated heterocycles. The van der Waals surface area contributed by atoms with E-state index in [1.54, 1.807) is 13.0 Å². The van der Waals surface area contributed by atoms with Crippen LogP contribution in [0.15, 0.2) is 59.5 Å². The van der Waals surface area contributed by atoms with Crippen LogP contribution in [0.1, 0.15) is 40.1 Å². The summed E-state index contributed by atoms with van der Waals surface area (Å²) in [6, 6.07) is 13.3. The van der Waals surface area contributed by atoms with Gasteiger partial charge in [-0.1, -0.05) is 53.5 Å². The van der Waals surface area contributed by atoms with Gasteiger partial charge in [0.25, 0.3) is 5.56 Å². The number of aromatic nitrogens is 3. The third-order valence-electron chi connectivity index (χ3n) is 5.25. The molecule has 0 fully saturated rings. The number of rotatable bonds is 8. The lowest BCUT2D eigenvalue weighted by Gasteiger charge is -2.20. The molecule has 0 bridgehead atoms. The fourth-order valence-corrected chi connectivity index (χ4v) is 3.94. The highest BCUT2D eigenvalue weighted by atomic mass is 35.5. The van der Waals surface area contributed by atoms with Gasteiger partial charge in [0.2, 0.25) is 5.88 Å². The Morgan fingerprint density at radius 3 is 2.60 bits per heavy atom. The quantitative estimate of drug-likeness (QED) is 0.296. The van der Waals surface area contributed by atoms with Crippen LogP contribution >= 0.6 is 23.2 Å². The van der Waals surface area contributed by atoms with Crippen molar-refractivity contribution in [1.29, 1.82) is 0 Å². The van der Waals surface area contributed by atoms with Crippen molar-refractivity contribution >= 4 is 40.5 Å². The molecule has 11 heteroatoms. The van der Waals surface area contributed by atoms with Gasteiger partial charge < -0.3 is 20.3 Å². The normalized spacial score (nSPS) is 11.9. The monoisotopic (exact) mass is 514 g/mol. The number of carboxylic acid groups (broad SMARTS) is 1. The van der Waals surface area contributed by atoms with Gasteiger partial charge in [-0.25, -0.2) is 9.78 Å². The molecule has 0 aliphatic carbocycles. The van der Waals surface area contributed by atoms with Gasteiger partial charge in [0.05, 0.1) is 23.4 Å². The highest BCUT2D eigenvalue weighted by Gasteiger charge is 2.21. The molecule has 0 amide bonds. The number of nitrogens with one attached hydrogen (secondary N) is 1. The maximum Gasteiger partial charge on any atom is 0.356 e. The Balaban J connectivity index is 1.78. The number of ether oxygens (including phenoxy) is 1. The lowest BCUT2D eigenvalue weighted by atomic mass is 10.1. The lowest BCUT2D eigenvalue weighted by Crippen LogP contribution is -2.23. The molecule has 180 valence electrons. The van der Waals surface area contributed by atoms with Crippen LogP contribution in [0.4, 0.5) is 5.69 Å². The number of aliphatic hydroxyl groups excluding tert-OH is 1. The summed E-state index contributed by atoms with van der Waals surface area (Å²) >= 11 is 12.1. The van der Waals surface area contributed by atoms with Crippen molar-refractivity contribution < 1.29 is 19.7 Å². The van der Waals surface area contributed by atoms with Gasteiger partial charge in [0.1, 0.15) is 23.0 Å². The summed E-state index contributed by atoms with van der Waals surface area (Å²) in [6.07, 6.45) is 1.40. The van der Waals surface area contributed by atoms with Gasteiger partial charge in [0.15, 0.2) is 5.69 Å². The third kappa shape index (κ3) is 5.22. The van der Waals surface area contributed by atoms with Crippen LogP contribution in [0.2, 0.25) is 10.2 Å². The van der Waals surface area contributed by atoms with Crippen molar-refractivity contribution in [2.24, 2.45) is 0 Å². The van der Waals surface area contributed by atoms with Gasteiger partial charge in [-0.2, -0.15) is 4.98 Å². The minimum absolute atomic E-state index is 0.00323. The van der Waals surface area contributed by atoms with Crippen LogP contribution in [0, 0.1) is 0 Å². The molecule has 0 spiro atoms. The van der Waals surface area contributed by atoms with E-state index >= 15 is 0 Å². The minimum atomic E-state index is -1.25. The van der Waals surface area contributed by atoms with Crippen LogP contribution < -0.4 is 15.6 Å². The van der Waals surface area contributed by atoms with Crippen molar-refractivity contribution in [1.82, 2.24) is 14.4 Å². The first-order valence-electron chi connectivity index (χ1n) is 10.5. The Bertz CT molecular complexity index is 1460. The van der Waals surface area contributed by atoms with Crippen LogP contribution in [0.5, 0.6) is 5.88 Å². The average molecular weight is 515 g/mol. The van der Waals surface area contributed by atoms with Crippen LogP contribution in [0.25, 0.3) is 5.65 Å². The summed E-state index contributed by atoms with van der Waals surface area (Å²) in [5.41, 5.74) is 1.02. The molecule has 4 rings (SSSR count). The van der Waals surface area contributed by atoms with E-state index in [9.17, 15) is 19.8 Å². The van der Waals surface area contributed by atoms with E-state index in [2.05, 4.69) is 15.3 Å². The second-order valence-electron chi connectivity index (χ2n) is 7.64. The second-order valence-corrected chi connectivity index (χ2v) is 8.47. The zero-order valence-corrected chi connectivity index (χ0v) is 19.9. The van der Waals surface area contributed by atoms with E-state index in [1.807, 2.05) is 30.3 Å². The number of fused-ring (bicyclic) bond motifs is 1. The van der Waals surface area contributed by atoms with Crippen molar-refractivity contribution in [3.8, 4) is 5.88 Å². The molecule has 3 heterocycles. The first kappa shape index (κ1) is 24.5. The van der Waals surface area contributed by atoms with E-state index in [0.29, 0.717) is 5.56 Å². The predicted molar refractivity (Wildman–Crippen MR) is 131 cm³/mol. The number of hydrogen-bond acceptors (Lipinski definition) is 7. The Morgan fingerprint density at radius 1 is 1.17 bits per heavy atom. The SMILES string of the molecule is C[C@@H](Nc1ccc(Cl)nc1C(=O)O)c1cc(Cl)cn2c(=O)c(CO)c(OCc3ccccc3)nc12. The van der Waals surface area contributed by atoms with Gasteiger partial charge in [-0.15, -0.1) is 0 Å². The number of aromatic carboxylic acids is 1. The standard InChI is InChI=1S/C24H20Cl2N4O5/c1-13(27-18-7-8-19(26)28-20(18)24(33)34)16-9-15(25)10-30-21(16)29-22(17(11-31)23(30)32)35-12-14-5-3-2-4-6-14/h2-10,13,27,31H,11-12H2,1H3,(H,33,34)/t13-/m1/s1. The average Bonchev–Trinajstić information content (AvgIpc) is 2.84. The number of aliphatic hydroxyl groups is 1. The van der Waals surface area contributed by atoms with E-state index < -0.39 is 24.2 Å². The summed E-state index contributed by atoms with van der Waals surface area (Å²) in [7, 11) is 0. The molecule has 35 heavy (non-hydrogen) atoms. The highest BCUT2D eigenvalue weighted by molar-refractivity contribution is 6.30. The van der Waals surface area contributed by atoms with Crippen LogP contribution in [-0.4, -0.2) is 30.6 Å². The zero-order valence-electron chi connectivity index (χ0n) is 18.4. The third-order valence-corrected chi connectivity index (χ3v) is 5.67. The molecule has 0 saturated carbocycles. The van der Waals surface area contributed by atoms with E-state index in [1.165, 1.54) is 22.7 Å². The molecule has 0 aliphatic heterocycles. The maximum atomic E-state index is 13.2. The van der Waals surface area contributed by atoms with Crippen LogP contribution in [0.3, 0.4) is 0 Å². The number of pyridine rings is 2. The molecule has 0 radical (unpaired) electrons.